The summed E-state index contributed by atoms with van der Waals surface area (Å²) in [6.45, 7) is 0. The van der Waals surface area contributed by atoms with Crippen LogP contribution < -0.4 is 4.74 Å². The second-order valence-corrected chi connectivity index (χ2v) is 13.2. The molecule has 52 heavy (non-hydrogen) atoms. The van der Waals surface area contributed by atoms with E-state index < -0.39 is 0 Å². The molecule has 1 aliphatic rings. The van der Waals surface area contributed by atoms with Gasteiger partial charge in [-0.2, -0.15) is 0 Å². The van der Waals surface area contributed by atoms with Gasteiger partial charge >= 0.3 is 0 Å². The third-order valence-corrected chi connectivity index (χ3v) is 10.2. The normalized spacial score (nSPS) is 12.0. The number of hydrogen-bond acceptors (Lipinski definition) is 4. The van der Waals surface area contributed by atoms with Crippen molar-refractivity contribution in [2.24, 2.45) is 0 Å². The summed E-state index contributed by atoms with van der Waals surface area (Å²) in [4.78, 5) is 15.0. The number of hydrogen-bond donors (Lipinski definition) is 0. The molecule has 8 aromatic carbocycles. The maximum atomic E-state index is 6.76. The van der Waals surface area contributed by atoms with E-state index in [1.807, 2.05) is 30.3 Å². The zero-order valence-corrected chi connectivity index (χ0v) is 27.9. The average Bonchev–Trinajstić information content (AvgIpc) is 3.55. The minimum atomic E-state index is 0.592. The van der Waals surface area contributed by atoms with Crippen molar-refractivity contribution in [1.29, 1.82) is 0 Å². The van der Waals surface area contributed by atoms with Gasteiger partial charge in [-0.25, -0.2) is 15.0 Å². The standard InChI is InChI=1S/C47H28N4O/c1-2-12-30(13-3-1)45-48-46(32-22-21-29-11-4-5-14-31(29)27-32)50-47(49-45)33-23-24-36-37-17-10-18-38-41(25-26-42(44(37)38)52-43(36)28-33)51-39-19-8-6-15-34(39)35-16-7-9-20-40(35)51/h1-28H. The second kappa shape index (κ2) is 11.2. The highest BCUT2D eigenvalue weighted by molar-refractivity contribution is 6.13. The Bertz CT molecular complexity index is 3000. The van der Waals surface area contributed by atoms with Crippen LogP contribution in [0.1, 0.15) is 0 Å². The van der Waals surface area contributed by atoms with Crippen molar-refractivity contribution in [2.75, 3.05) is 0 Å². The Morgan fingerprint density at radius 2 is 1.00 bits per heavy atom. The second-order valence-electron chi connectivity index (χ2n) is 13.2. The molecular formula is C47H28N4O. The molecule has 0 unspecified atom stereocenters. The van der Waals surface area contributed by atoms with Crippen LogP contribution in [0.5, 0.6) is 11.5 Å². The number of ether oxygens (including phenoxy) is 1. The Morgan fingerprint density at radius 3 is 1.77 bits per heavy atom. The summed E-state index contributed by atoms with van der Waals surface area (Å²) in [7, 11) is 0. The first-order valence-corrected chi connectivity index (χ1v) is 17.4. The van der Waals surface area contributed by atoms with Crippen LogP contribution in [0.3, 0.4) is 0 Å². The first-order chi connectivity index (χ1) is 25.8. The highest BCUT2D eigenvalue weighted by Gasteiger charge is 2.24. The fraction of sp³-hybridized carbons (Fsp3) is 0. The van der Waals surface area contributed by atoms with Crippen LogP contribution in [-0.4, -0.2) is 19.5 Å². The fourth-order valence-electron chi connectivity index (χ4n) is 7.81. The Kier molecular flexibility index (Phi) is 6.18. The predicted molar refractivity (Wildman–Crippen MR) is 211 cm³/mol. The molecule has 0 spiro atoms. The molecule has 0 fully saturated rings. The lowest BCUT2D eigenvalue weighted by atomic mass is 9.93. The molecule has 2 aromatic heterocycles. The van der Waals surface area contributed by atoms with Crippen LogP contribution in [0.4, 0.5) is 0 Å². The Balaban J connectivity index is 1.06. The van der Waals surface area contributed by atoms with Gasteiger partial charge in [0, 0.05) is 43.8 Å². The Labute approximate surface area is 299 Å². The smallest absolute Gasteiger partial charge is 0.164 e. The summed E-state index contributed by atoms with van der Waals surface area (Å²) < 4.78 is 9.14. The van der Waals surface area contributed by atoms with E-state index in [0.717, 1.165) is 61.2 Å². The van der Waals surface area contributed by atoms with E-state index in [9.17, 15) is 0 Å². The first-order valence-electron chi connectivity index (χ1n) is 17.4. The lowest BCUT2D eigenvalue weighted by molar-refractivity contribution is 0.487. The highest BCUT2D eigenvalue weighted by atomic mass is 16.5. The molecule has 0 radical (unpaired) electrons. The average molecular weight is 665 g/mol. The zero-order chi connectivity index (χ0) is 34.2. The van der Waals surface area contributed by atoms with Gasteiger partial charge in [0.2, 0.25) is 0 Å². The molecule has 3 heterocycles. The van der Waals surface area contributed by atoms with Crippen LogP contribution in [0.25, 0.3) is 94.3 Å². The third-order valence-electron chi connectivity index (χ3n) is 10.2. The van der Waals surface area contributed by atoms with Gasteiger partial charge in [-0.15, -0.1) is 0 Å². The van der Waals surface area contributed by atoms with Crippen LogP contribution in [-0.2, 0) is 0 Å². The molecule has 0 aliphatic carbocycles. The maximum Gasteiger partial charge on any atom is 0.164 e. The molecule has 242 valence electrons. The molecular weight excluding hydrogens is 637 g/mol. The summed E-state index contributed by atoms with van der Waals surface area (Å²) in [5.41, 5.74) is 8.39. The number of para-hydroxylation sites is 2. The van der Waals surface area contributed by atoms with E-state index >= 15 is 0 Å². The largest absolute Gasteiger partial charge is 0.456 e. The van der Waals surface area contributed by atoms with Gasteiger partial charge in [0.25, 0.3) is 0 Å². The van der Waals surface area contributed by atoms with E-state index in [2.05, 4.69) is 144 Å². The molecule has 0 saturated heterocycles. The summed E-state index contributed by atoms with van der Waals surface area (Å²) in [6, 6.07) is 59.1. The maximum absolute atomic E-state index is 6.76. The lowest BCUT2D eigenvalue weighted by Gasteiger charge is -2.23. The number of rotatable bonds is 4. The SMILES string of the molecule is c1ccc(-c2nc(-c3ccc4c(c3)Oc3ccc(-n5c6ccccc6c6ccccc65)c5cccc-4c35)nc(-c3ccc4ccccc4c3)n2)cc1. The van der Waals surface area contributed by atoms with E-state index in [1.54, 1.807) is 0 Å². The number of aromatic nitrogens is 4. The van der Waals surface area contributed by atoms with Gasteiger partial charge in [0.05, 0.1) is 16.7 Å². The topological polar surface area (TPSA) is 52.8 Å². The molecule has 11 rings (SSSR count). The molecule has 0 atom stereocenters. The summed E-state index contributed by atoms with van der Waals surface area (Å²) in [5, 5.41) is 7.04. The molecule has 1 aliphatic heterocycles. The summed E-state index contributed by atoms with van der Waals surface area (Å²) in [5.74, 6) is 3.45. The minimum Gasteiger partial charge on any atom is -0.456 e. The van der Waals surface area contributed by atoms with Gasteiger partial charge in [-0.05, 0) is 58.8 Å². The molecule has 10 aromatic rings. The van der Waals surface area contributed by atoms with Crippen LogP contribution in [0, 0.1) is 0 Å². The van der Waals surface area contributed by atoms with Crippen LogP contribution in [0.15, 0.2) is 170 Å². The number of fused-ring (bicyclic) bond motifs is 6. The summed E-state index contributed by atoms with van der Waals surface area (Å²) in [6.07, 6.45) is 0. The van der Waals surface area contributed by atoms with E-state index in [-0.39, 0.29) is 0 Å². The third kappa shape index (κ3) is 4.39. The molecule has 0 N–H and O–H groups in total. The van der Waals surface area contributed by atoms with Crippen molar-refractivity contribution in [3.8, 4) is 62.5 Å². The van der Waals surface area contributed by atoms with Crippen LogP contribution >= 0.6 is 0 Å². The van der Waals surface area contributed by atoms with Gasteiger partial charge in [0.1, 0.15) is 11.5 Å². The first kappa shape index (κ1) is 28.7. The lowest BCUT2D eigenvalue weighted by Crippen LogP contribution is -2.02. The van der Waals surface area contributed by atoms with E-state index in [4.69, 9.17) is 19.7 Å². The van der Waals surface area contributed by atoms with Crippen molar-refractivity contribution < 1.29 is 4.74 Å². The minimum absolute atomic E-state index is 0.592. The van der Waals surface area contributed by atoms with Gasteiger partial charge < -0.3 is 9.30 Å². The van der Waals surface area contributed by atoms with Gasteiger partial charge in [0.15, 0.2) is 17.5 Å². The van der Waals surface area contributed by atoms with E-state index in [1.165, 1.54) is 27.2 Å². The highest BCUT2D eigenvalue weighted by Crippen LogP contribution is 2.49. The van der Waals surface area contributed by atoms with Crippen molar-refractivity contribution in [3.63, 3.8) is 0 Å². The molecule has 5 heteroatoms. The van der Waals surface area contributed by atoms with Crippen molar-refractivity contribution in [3.05, 3.63) is 170 Å². The molecule has 0 bridgehead atoms. The quantitative estimate of drug-likeness (QED) is 0.188. The summed E-state index contributed by atoms with van der Waals surface area (Å²) >= 11 is 0. The fourth-order valence-corrected chi connectivity index (χ4v) is 7.81. The number of nitrogens with zero attached hydrogens (tertiary/aromatic N) is 4. The van der Waals surface area contributed by atoms with Crippen molar-refractivity contribution >= 4 is 43.4 Å². The van der Waals surface area contributed by atoms with Gasteiger partial charge in [-0.3, -0.25) is 0 Å². The predicted octanol–water partition coefficient (Wildman–Crippen LogP) is 12.0. The zero-order valence-electron chi connectivity index (χ0n) is 27.9. The Hall–Kier alpha value is -7.11. The van der Waals surface area contributed by atoms with Crippen LogP contribution in [0.2, 0.25) is 0 Å². The van der Waals surface area contributed by atoms with Crippen molar-refractivity contribution in [2.45, 2.75) is 0 Å². The van der Waals surface area contributed by atoms with Gasteiger partial charge in [-0.1, -0.05) is 127 Å². The molecule has 0 saturated carbocycles. The number of benzene rings is 8. The molecule has 0 amide bonds. The van der Waals surface area contributed by atoms with E-state index in [0.29, 0.717) is 17.5 Å². The Morgan fingerprint density at radius 1 is 0.385 bits per heavy atom. The monoisotopic (exact) mass is 664 g/mol. The van der Waals surface area contributed by atoms with Crippen molar-refractivity contribution in [1.82, 2.24) is 19.5 Å². The molecule has 5 nitrogen and oxygen atoms in total.